The average Bonchev–Trinajstić information content (AvgIpc) is 3.20. The third kappa shape index (κ3) is 4.95. The summed E-state index contributed by atoms with van der Waals surface area (Å²) in [4.78, 5) is 26.8. The number of aryl methyl sites for hydroxylation is 2. The van der Waals surface area contributed by atoms with Gasteiger partial charge in [-0.2, -0.15) is 4.31 Å². The molecule has 3 aromatic rings. The first-order valence-electron chi connectivity index (χ1n) is 12.1. The quantitative estimate of drug-likeness (QED) is 0.439. The second-order valence-corrected chi connectivity index (χ2v) is 10.5. The Labute approximate surface area is 205 Å². The number of rotatable bonds is 9. The average molecular weight is 504 g/mol. The van der Waals surface area contributed by atoms with Crippen LogP contribution in [0.1, 0.15) is 45.1 Å². The predicted molar refractivity (Wildman–Crippen MR) is 132 cm³/mol. The van der Waals surface area contributed by atoms with Gasteiger partial charge in [-0.15, -0.1) is 5.10 Å². The smallest absolute Gasteiger partial charge is 0.277 e. The highest BCUT2D eigenvalue weighted by atomic mass is 32.2. The van der Waals surface area contributed by atoms with Crippen LogP contribution in [-0.2, 0) is 16.4 Å². The van der Waals surface area contributed by atoms with Gasteiger partial charge < -0.3 is 14.6 Å². The van der Waals surface area contributed by atoms with Crippen LogP contribution in [0.4, 0.5) is 0 Å². The van der Waals surface area contributed by atoms with Crippen LogP contribution in [-0.4, -0.2) is 81.5 Å². The Kier molecular flexibility index (Phi) is 7.53. The van der Waals surface area contributed by atoms with E-state index in [1.807, 2.05) is 13.8 Å². The van der Waals surface area contributed by atoms with Gasteiger partial charge in [0.05, 0.1) is 24.1 Å². The van der Waals surface area contributed by atoms with Gasteiger partial charge in [0, 0.05) is 32.6 Å². The number of nitrogens with one attached hydrogen (secondary N) is 1. The molecule has 0 radical (unpaired) electrons. The summed E-state index contributed by atoms with van der Waals surface area (Å²) in [6, 6.07) is 1.50. The van der Waals surface area contributed by atoms with Gasteiger partial charge in [0.25, 0.3) is 5.56 Å². The summed E-state index contributed by atoms with van der Waals surface area (Å²) < 4.78 is 35.7. The van der Waals surface area contributed by atoms with Crippen molar-refractivity contribution in [1.29, 1.82) is 0 Å². The van der Waals surface area contributed by atoms with Crippen molar-refractivity contribution in [1.82, 2.24) is 33.8 Å². The van der Waals surface area contributed by atoms with E-state index in [4.69, 9.17) is 4.74 Å². The molecule has 0 aromatic carbocycles. The maximum Gasteiger partial charge on any atom is 0.277 e. The molecule has 35 heavy (non-hydrogen) atoms. The van der Waals surface area contributed by atoms with Crippen LogP contribution >= 0.6 is 0 Å². The predicted octanol–water partition coefficient (Wildman–Crippen LogP) is 1.86. The van der Waals surface area contributed by atoms with Crippen molar-refractivity contribution in [3.8, 4) is 17.3 Å². The van der Waals surface area contributed by atoms with Gasteiger partial charge >= 0.3 is 0 Å². The molecule has 0 atom stereocenters. The lowest BCUT2D eigenvalue weighted by molar-refractivity contribution is 0.196. The molecule has 4 rings (SSSR count). The molecule has 3 aromatic heterocycles. The Morgan fingerprint density at radius 1 is 1.14 bits per heavy atom. The van der Waals surface area contributed by atoms with E-state index in [-0.39, 0.29) is 22.2 Å². The van der Waals surface area contributed by atoms with Gasteiger partial charge in [0.2, 0.25) is 15.9 Å². The molecule has 190 valence electrons. The molecule has 0 unspecified atom stereocenters. The van der Waals surface area contributed by atoms with Crippen molar-refractivity contribution in [3.63, 3.8) is 0 Å². The second kappa shape index (κ2) is 10.4. The number of hydrogen-bond acceptors (Lipinski definition) is 8. The van der Waals surface area contributed by atoms with Crippen molar-refractivity contribution in [2.45, 2.75) is 51.9 Å². The number of hydrogen-bond donors (Lipinski definition) is 1. The highest BCUT2D eigenvalue weighted by molar-refractivity contribution is 7.89. The van der Waals surface area contributed by atoms with Gasteiger partial charge in [-0.1, -0.05) is 27.2 Å². The fourth-order valence-corrected chi connectivity index (χ4v) is 5.59. The summed E-state index contributed by atoms with van der Waals surface area (Å²) in [5, 5.41) is 4.61. The maximum atomic E-state index is 13.4. The molecule has 0 amide bonds. The first kappa shape index (κ1) is 25.3. The molecule has 1 saturated heterocycles. The van der Waals surface area contributed by atoms with Crippen LogP contribution in [0.3, 0.4) is 0 Å². The largest absolute Gasteiger partial charge is 0.477 e. The lowest BCUT2D eigenvalue weighted by atomic mass is 10.2. The number of imidazole rings is 1. The van der Waals surface area contributed by atoms with E-state index in [9.17, 15) is 13.2 Å². The van der Waals surface area contributed by atoms with Crippen LogP contribution < -0.4 is 10.3 Å². The summed E-state index contributed by atoms with van der Waals surface area (Å²) in [6.45, 7) is 11.3. The SMILES string of the molecule is CCCCOc1ncc(S(=O)(=O)N2CCN(CC)CC2)cc1-c1nn2c(CC)nc(C)c2c(=O)[nH]1. The molecule has 11 nitrogen and oxygen atoms in total. The van der Waals surface area contributed by atoms with Gasteiger partial charge in [0.15, 0.2) is 11.3 Å². The zero-order valence-corrected chi connectivity index (χ0v) is 21.6. The standard InChI is InChI=1S/C23H33N7O4S/c1-5-8-13-34-23-18(21-26-22(31)20-16(4)25-19(6-2)30(20)27-21)14-17(15-24-23)35(32,33)29-11-9-28(7-3)10-12-29/h14-15H,5-13H2,1-4H3,(H,26,27,31). The molecule has 12 heteroatoms. The van der Waals surface area contributed by atoms with Crippen LogP contribution in [0.5, 0.6) is 5.88 Å². The van der Waals surface area contributed by atoms with E-state index >= 15 is 0 Å². The second-order valence-electron chi connectivity index (χ2n) is 8.59. The zero-order chi connectivity index (χ0) is 25.2. The van der Waals surface area contributed by atoms with Gasteiger partial charge in [-0.3, -0.25) is 4.79 Å². The van der Waals surface area contributed by atoms with Crippen LogP contribution in [0.25, 0.3) is 16.9 Å². The van der Waals surface area contributed by atoms with Crippen molar-refractivity contribution in [2.24, 2.45) is 0 Å². The number of aromatic nitrogens is 5. The number of fused-ring (bicyclic) bond motifs is 1. The minimum Gasteiger partial charge on any atom is -0.477 e. The van der Waals surface area contributed by atoms with Crippen LogP contribution in [0.2, 0.25) is 0 Å². The molecule has 1 fully saturated rings. The number of unbranched alkanes of at least 4 members (excludes halogenated alkanes) is 1. The Morgan fingerprint density at radius 2 is 1.89 bits per heavy atom. The summed E-state index contributed by atoms with van der Waals surface area (Å²) in [5.41, 5.74) is 0.914. The topological polar surface area (TPSA) is 126 Å². The van der Waals surface area contributed by atoms with E-state index in [0.717, 1.165) is 19.4 Å². The maximum absolute atomic E-state index is 13.4. The highest BCUT2D eigenvalue weighted by Crippen LogP contribution is 2.29. The Hall–Kier alpha value is -2.83. The van der Waals surface area contributed by atoms with E-state index in [2.05, 4.69) is 31.9 Å². The van der Waals surface area contributed by atoms with Gasteiger partial charge in [-0.25, -0.2) is 22.9 Å². The van der Waals surface area contributed by atoms with Gasteiger partial charge in [0.1, 0.15) is 10.7 Å². The Morgan fingerprint density at radius 3 is 2.54 bits per heavy atom. The van der Waals surface area contributed by atoms with Crippen LogP contribution in [0, 0.1) is 6.92 Å². The number of aromatic amines is 1. The fourth-order valence-electron chi connectivity index (χ4n) is 4.19. The third-order valence-electron chi connectivity index (χ3n) is 6.29. The Bertz CT molecular complexity index is 1360. The minimum atomic E-state index is -3.78. The lowest BCUT2D eigenvalue weighted by Crippen LogP contribution is -2.48. The fraction of sp³-hybridized carbons (Fsp3) is 0.565. The van der Waals surface area contributed by atoms with Crippen molar-refractivity contribution in [3.05, 3.63) is 34.1 Å². The number of sulfonamides is 1. The van der Waals surface area contributed by atoms with E-state index in [0.29, 0.717) is 61.8 Å². The summed E-state index contributed by atoms with van der Waals surface area (Å²) >= 11 is 0. The summed E-state index contributed by atoms with van der Waals surface area (Å²) in [6.07, 6.45) is 3.65. The van der Waals surface area contributed by atoms with E-state index < -0.39 is 10.0 Å². The summed E-state index contributed by atoms with van der Waals surface area (Å²) in [7, 11) is -3.78. The molecule has 1 aliphatic heterocycles. The molecule has 1 aliphatic rings. The number of likely N-dealkylation sites (N-methyl/N-ethyl adjacent to an activating group) is 1. The first-order valence-corrected chi connectivity index (χ1v) is 13.6. The first-order chi connectivity index (χ1) is 16.8. The normalized spacial score (nSPS) is 15.7. The molecule has 1 N–H and O–H groups in total. The molecular weight excluding hydrogens is 470 g/mol. The number of H-pyrrole nitrogens is 1. The Balaban J connectivity index is 1.80. The monoisotopic (exact) mass is 503 g/mol. The number of nitrogens with zero attached hydrogens (tertiary/aromatic N) is 6. The summed E-state index contributed by atoms with van der Waals surface area (Å²) in [5.74, 6) is 1.05. The molecule has 0 spiro atoms. The van der Waals surface area contributed by atoms with E-state index in [1.54, 1.807) is 6.92 Å². The van der Waals surface area contributed by atoms with Crippen molar-refractivity contribution in [2.75, 3.05) is 39.3 Å². The minimum absolute atomic E-state index is 0.0422. The number of pyridine rings is 1. The molecule has 0 bridgehead atoms. The van der Waals surface area contributed by atoms with Crippen LogP contribution in [0.15, 0.2) is 22.0 Å². The molecule has 4 heterocycles. The van der Waals surface area contributed by atoms with Gasteiger partial charge in [-0.05, 0) is 26.0 Å². The molecule has 0 saturated carbocycles. The molecule has 0 aliphatic carbocycles. The highest BCUT2D eigenvalue weighted by Gasteiger charge is 2.30. The number of piperazine rings is 1. The van der Waals surface area contributed by atoms with Crippen molar-refractivity contribution >= 4 is 15.5 Å². The van der Waals surface area contributed by atoms with E-state index in [1.165, 1.54) is 21.1 Å². The number of ether oxygens (including phenoxy) is 1. The lowest BCUT2D eigenvalue weighted by Gasteiger charge is -2.33. The third-order valence-corrected chi connectivity index (χ3v) is 8.16. The van der Waals surface area contributed by atoms with Crippen molar-refractivity contribution < 1.29 is 13.2 Å². The zero-order valence-electron chi connectivity index (χ0n) is 20.7. The molecular formula is C23H33N7O4S.